The molecule has 72 heavy (non-hydrogen) atoms. The van der Waals surface area contributed by atoms with E-state index in [1.54, 1.807) is 65.3 Å². The van der Waals surface area contributed by atoms with Crippen LogP contribution in [0.1, 0.15) is 129 Å². The van der Waals surface area contributed by atoms with E-state index in [-0.39, 0.29) is 77.5 Å². The Morgan fingerprint density at radius 2 is 1.36 bits per heavy atom. The molecule has 3 aromatic carbocycles. The van der Waals surface area contributed by atoms with E-state index in [1.807, 2.05) is 43.6 Å². The normalized spacial score (nSPS) is 21.5. The first-order valence-electron chi connectivity index (χ1n) is 23.7. The number of nitrogens with one attached hydrogen (secondary N) is 1. The number of rotatable bonds is 16. The van der Waals surface area contributed by atoms with Crippen LogP contribution in [0.2, 0.25) is 0 Å². The van der Waals surface area contributed by atoms with E-state index in [2.05, 4.69) is 5.32 Å². The molecule has 0 spiro atoms. The third-order valence-corrected chi connectivity index (χ3v) is 14.4. The predicted molar refractivity (Wildman–Crippen MR) is 260 cm³/mol. The molecule has 17 nitrogen and oxygen atoms in total. The molecule has 0 amide bonds. The average molecular weight is 981 g/mol. The number of hydrogen-bond acceptors (Lipinski definition) is 14. The van der Waals surface area contributed by atoms with Gasteiger partial charge in [0.25, 0.3) is 0 Å². The van der Waals surface area contributed by atoms with Crippen molar-refractivity contribution in [3.05, 3.63) is 158 Å². The molecule has 374 valence electrons. The molecule has 2 aliphatic carbocycles. The van der Waals surface area contributed by atoms with Crippen LogP contribution in [-0.4, -0.2) is 106 Å². The van der Waals surface area contributed by atoms with Crippen molar-refractivity contribution in [2.24, 2.45) is 21.1 Å². The van der Waals surface area contributed by atoms with Gasteiger partial charge in [0.2, 0.25) is 5.78 Å². The molecule has 1 saturated heterocycles. The molecule has 6 atom stereocenters. The van der Waals surface area contributed by atoms with E-state index in [0.717, 1.165) is 16.7 Å². The van der Waals surface area contributed by atoms with E-state index in [1.165, 1.54) is 32.2 Å². The Hall–Kier alpha value is -7.28. The number of carbonyl (C=O) groups excluding carboxylic acids is 6. The molecule has 1 fully saturated rings. The summed E-state index contributed by atoms with van der Waals surface area (Å²) in [6.45, 7) is 3.14. The number of aliphatic hydroxyl groups is 2. The van der Waals surface area contributed by atoms with Gasteiger partial charge in [-0.3, -0.25) is 28.8 Å². The Balaban J connectivity index is 0.845. The molecule has 5 N–H and O–H groups in total. The standard InChI is InChI=1S/C55H56N4O13/c1-28-50(64)36(22-45(71-28)72-44-24-55(69,29(2)60)23-35-47(44)54(68)49-48(52(35)66)51(65)34-9-7-11-43(70-6)46(34)53(49)67)56-25-31-14-12-30(13-15-31)19-41(62)38-18-33(27-58(38)4)21-42(63)39-17-32(26-59(39)5)20-40(61)37-10-8-16-57(37)3/h7-18,26-28,36,44-45,50,56,64,66,68-69H,19-25H2,1-6H3/t28?,36?,44-,45?,50?,55-/m0/s1. The molecule has 0 saturated carbocycles. The molecule has 6 aromatic rings. The van der Waals surface area contributed by atoms with Crippen LogP contribution < -0.4 is 10.1 Å². The van der Waals surface area contributed by atoms with Crippen molar-refractivity contribution >= 4 is 34.7 Å². The van der Waals surface area contributed by atoms with Gasteiger partial charge in [0.05, 0.1) is 59.2 Å². The molecule has 17 heteroatoms. The summed E-state index contributed by atoms with van der Waals surface area (Å²) < 4.78 is 23.1. The van der Waals surface area contributed by atoms with Gasteiger partial charge < -0.3 is 53.7 Å². The number of aliphatic hydroxyl groups excluding tert-OH is 1. The number of ether oxygens (including phenoxy) is 3. The van der Waals surface area contributed by atoms with Crippen molar-refractivity contribution < 1.29 is 63.4 Å². The lowest BCUT2D eigenvalue weighted by molar-refractivity contribution is -0.249. The SMILES string of the molecule is COc1cccc2c1C(=O)c1c(O)c3c(c(O)c1C2=O)C[C@@](O)(C(C)=O)C[C@@H]3OC1CC(NCc2ccc(CC(=O)c3cc(CC(=O)c4cc(CC(=O)c5cccn5C)cn4C)cn3C)cc2)C(O)C(C)O1. The van der Waals surface area contributed by atoms with Gasteiger partial charge in [-0.05, 0) is 66.4 Å². The molecule has 0 bridgehead atoms. The summed E-state index contributed by atoms with van der Waals surface area (Å²) in [5.74, 6) is -3.68. The second-order valence-electron chi connectivity index (χ2n) is 19.3. The number of benzene rings is 3. The highest BCUT2D eigenvalue weighted by Crippen LogP contribution is 2.52. The van der Waals surface area contributed by atoms with Gasteiger partial charge in [0.15, 0.2) is 35.2 Å². The highest BCUT2D eigenvalue weighted by Gasteiger charge is 2.49. The van der Waals surface area contributed by atoms with Crippen LogP contribution >= 0.6 is 0 Å². The summed E-state index contributed by atoms with van der Waals surface area (Å²) in [5, 5.41) is 49.9. The van der Waals surface area contributed by atoms with Gasteiger partial charge in [-0.2, -0.15) is 0 Å². The number of aryl methyl sites for hydroxylation is 3. The van der Waals surface area contributed by atoms with Crippen LogP contribution in [0, 0.1) is 0 Å². The number of carbonyl (C=O) groups is 6. The Morgan fingerprint density at radius 3 is 1.96 bits per heavy atom. The largest absolute Gasteiger partial charge is 0.507 e. The number of phenolic OH excluding ortho intramolecular Hbond substituents is 2. The van der Waals surface area contributed by atoms with Gasteiger partial charge in [-0.15, -0.1) is 0 Å². The van der Waals surface area contributed by atoms with Crippen molar-refractivity contribution in [2.75, 3.05) is 7.11 Å². The van der Waals surface area contributed by atoms with E-state index in [4.69, 9.17) is 14.2 Å². The molecular weight excluding hydrogens is 925 g/mol. The van der Waals surface area contributed by atoms with Crippen molar-refractivity contribution in [3.8, 4) is 17.2 Å². The van der Waals surface area contributed by atoms with E-state index < -0.39 is 82.6 Å². The van der Waals surface area contributed by atoms with Gasteiger partial charge in [0.1, 0.15) is 22.8 Å². The minimum Gasteiger partial charge on any atom is -0.507 e. The minimum atomic E-state index is -2.08. The summed E-state index contributed by atoms with van der Waals surface area (Å²) in [4.78, 5) is 80.7. The summed E-state index contributed by atoms with van der Waals surface area (Å²) in [5.41, 5.74) is 1.23. The molecule has 9 rings (SSSR count). The highest BCUT2D eigenvalue weighted by molar-refractivity contribution is 6.31. The second kappa shape index (κ2) is 19.4. The zero-order valence-electron chi connectivity index (χ0n) is 40.7. The van der Waals surface area contributed by atoms with Crippen molar-refractivity contribution in [2.45, 2.75) is 95.2 Å². The lowest BCUT2D eigenvalue weighted by atomic mass is 9.72. The second-order valence-corrected chi connectivity index (χ2v) is 19.3. The molecule has 4 unspecified atom stereocenters. The topological polar surface area (TPSA) is 238 Å². The molecular formula is C55H56N4O13. The van der Waals surface area contributed by atoms with Gasteiger partial charge in [-0.25, -0.2) is 0 Å². The third-order valence-electron chi connectivity index (χ3n) is 14.4. The third kappa shape index (κ3) is 9.14. The number of aromatic hydroxyl groups is 2. The number of nitrogens with zero attached hydrogens (tertiary/aromatic N) is 3. The predicted octanol–water partition coefficient (Wildman–Crippen LogP) is 5.15. The maximum Gasteiger partial charge on any atom is 0.202 e. The number of methoxy groups -OCH3 is 1. The number of phenols is 2. The van der Waals surface area contributed by atoms with E-state index in [9.17, 15) is 49.2 Å². The highest BCUT2D eigenvalue weighted by atomic mass is 16.7. The summed E-state index contributed by atoms with van der Waals surface area (Å²) >= 11 is 0. The minimum absolute atomic E-state index is 0.0421. The number of Topliss-reactive ketones (excluding diaryl/α,β-unsaturated/α-hetero) is 4. The lowest BCUT2D eigenvalue weighted by Crippen LogP contribution is -2.54. The monoisotopic (exact) mass is 980 g/mol. The number of fused-ring (bicyclic) bond motifs is 3. The smallest absolute Gasteiger partial charge is 0.202 e. The summed E-state index contributed by atoms with van der Waals surface area (Å²) in [7, 11) is 6.68. The average Bonchev–Trinajstić information content (AvgIpc) is 4.06. The number of aromatic nitrogens is 3. The molecule has 1 aliphatic heterocycles. The zero-order valence-corrected chi connectivity index (χ0v) is 40.7. The summed E-state index contributed by atoms with van der Waals surface area (Å²) in [6, 6.07) is 18.3. The summed E-state index contributed by atoms with van der Waals surface area (Å²) in [6.07, 6.45) is 0.755. The van der Waals surface area contributed by atoms with Crippen LogP contribution in [0.5, 0.6) is 17.2 Å². The first-order valence-corrected chi connectivity index (χ1v) is 23.7. The van der Waals surface area contributed by atoms with Crippen LogP contribution in [-0.2, 0) is 67.6 Å². The maximum absolute atomic E-state index is 14.1. The first kappa shape index (κ1) is 49.7. The fourth-order valence-corrected chi connectivity index (χ4v) is 10.4. The Labute approximate surface area is 414 Å². The quantitative estimate of drug-likeness (QED) is 0.0622. The van der Waals surface area contributed by atoms with Gasteiger partial charge in [-0.1, -0.05) is 36.4 Å². The van der Waals surface area contributed by atoms with Crippen LogP contribution in [0.25, 0.3) is 0 Å². The molecule has 0 radical (unpaired) electrons. The molecule has 3 aromatic heterocycles. The Kier molecular flexibility index (Phi) is 13.4. The molecule has 3 aliphatic rings. The van der Waals surface area contributed by atoms with Gasteiger partial charge >= 0.3 is 0 Å². The fourth-order valence-electron chi connectivity index (χ4n) is 10.4. The molecule has 4 heterocycles. The van der Waals surface area contributed by atoms with E-state index >= 15 is 0 Å². The Bertz CT molecular complexity index is 3200. The number of hydrogen-bond donors (Lipinski definition) is 5. The van der Waals surface area contributed by atoms with Crippen molar-refractivity contribution in [1.29, 1.82) is 0 Å². The zero-order chi connectivity index (χ0) is 51.5. The maximum atomic E-state index is 14.1. The Morgan fingerprint density at radius 1 is 0.764 bits per heavy atom. The van der Waals surface area contributed by atoms with Crippen LogP contribution in [0.3, 0.4) is 0 Å². The van der Waals surface area contributed by atoms with Crippen LogP contribution in [0.4, 0.5) is 0 Å². The van der Waals surface area contributed by atoms with Crippen LogP contribution in [0.15, 0.2) is 85.3 Å². The lowest BCUT2D eigenvalue weighted by Gasteiger charge is -2.43. The van der Waals surface area contributed by atoms with Crippen molar-refractivity contribution in [1.82, 2.24) is 19.0 Å². The van der Waals surface area contributed by atoms with E-state index in [0.29, 0.717) is 29.2 Å². The van der Waals surface area contributed by atoms with Crippen molar-refractivity contribution in [3.63, 3.8) is 0 Å². The van der Waals surface area contributed by atoms with Gasteiger partial charge in [0, 0.05) is 108 Å². The first-order chi connectivity index (χ1) is 34.3. The fraction of sp³-hybridized carbons (Fsp3) is 0.345. The number of ketones is 6.